The zero-order valence-corrected chi connectivity index (χ0v) is 18.3. The Morgan fingerprint density at radius 1 is 1.17 bits per heavy atom. The highest BCUT2D eigenvalue weighted by atomic mass is 32.2. The molecule has 1 aromatic carbocycles. The van der Waals surface area contributed by atoms with Crippen molar-refractivity contribution in [3.8, 4) is 0 Å². The van der Waals surface area contributed by atoms with Gasteiger partial charge < -0.3 is 15.4 Å². The molecule has 0 aliphatic carbocycles. The number of hydrogen-bond acceptors (Lipinski definition) is 5. The Bertz CT molecular complexity index is 797. The second-order valence-corrected chi connectivity index (χ2v) is 10.3. The number of amides is 2. The number of benzene rings is 1. The first-order valence-corrected chi connectivity index (χ1v) is 11.6. The van der Waals surface area contributed by atoms with Crippen LogP contribution in [-0.2, 0) is 26.0 Å². The van der Waals surface area contributed by atoms with Gasteiger partial charge in [0.2, 0.25) is 15.9 Å². The fraction of sp³-hybridized carbons (Fsp3) is 0.600. The standard InChI is InChI=1S/C20H31N3O5S/c1-20(2,3)28-19(25)22-17(14-15-8-6-5-7-9-15)18(24)21-16-10-12-23(13-11-16)29(4,26)27/h5-9,16-17H,10-14H2,1-4H3,(H,21,24)(H,22,25)/t17-/m1/s1. The van der Waals surface area contributed by atoms with Gasteiger partial charge in [0.1, 0.15) is 11.6 Å². The molecule has 1 aliphatic heterocycles. The Morgan fingerprint density at radius 3 is 2.28 bits per heavy atom. The van der Waals surface area contributed by atoms with Gasteiger partial charge in [0.25, 0.3) is 0 Å². The number of rotatable bonds is 6. The van der Waals surface area contributed by atoms with E-state index in [2.05, 4.69) is 10.6 Å². The zero-order valence-electron chi connectivity index (χ0n) is 17.5. The van der Waals surface area contributed by atoms with Gasteiger partial charge in [-0.1, -0.05) is 30.3 Å². The molecule has 0 bridgehead atoms. The maximum Gasteiger partial charge on any atom is 0.408 e. The number of ether oxygens (including phenoxy) is 1. The van der Waals surface area contributed by atoms with Crippen molar-refractivity contribution < 1.29 is 22.7 Å². The summed E-state index contributed by atoms with van der Waals surface area (Å²) in [6.45, 7) is 6.01. The van der Waals surface area contributed by atoms with Gasteiger partial charge in [-0.15, -0.1) is 0 Å². The molecule has 0 radical (unpaired) electrons. The predicted octanol–water partition coefficient (Wildman–Crippen LogP) is 1.66. The highest BCUT2D eigenvalue weighted by Crippen LogP contribution is 2.14. The second kappa shape index (κ2) is 9.58. The Balaban J connectivity index is 2.01. The van der Waals surface area contributed by atoms with Gasteiger partial charge in [0, 0.05) is 25.6 Å². The van der Waals surface area contributed by atoms with Crippen LogP contribution >= 0.6 is 0 Å². The number of hydrogen-bond donors (Lipinski definition) is 2. The number of sulfonamides is 1. The number of alkyl carbamates (subject to hydrolysis) is 1. The van der Waals surface area contributed by atoms with Crippen molar-refractivity contribution >= 4 is 22.0 Å². The largest absolute Gasteiger partial charge is 0.444 e. The molecule has 2 rings (SSSR count). The van der Waals surface area contributed by atoms with E-state index in [0.717, 1.165) is 5.56 Å². The molecule has 0 saturated carbocycles. The highest BCUT2D eigenvalue weighted by molar-refractivity contribution is 7.88. The molecule has 0 unspecified atom stereocenters. The minimum atomic E-state index is -3.22. The molecule has 9 heteroatoms. The van der Waals surface area contributed by atoms with Crippen LogP contribution in [0.1, 0.15) is 39.2 Å². The average molecular weight is 426 g/mol. The summed E-state index contributed by atoms with van der Waals surface area (Å²) in [6, 6.07) is 8.48. The van der Waals surface area contributed by atoms with Crippen LogP contribution in [0.2, 0.25) is 0 Å². The molecule has 1 fully saturated rings. The maximum absolute atomic E-state index is 12.9. The first-order chi connectivity index (χ1) is 13.4. The minimum absolute atomic E-state index is 0.140. The lowest BCUT2D eigenvalue weighted by Gasteiger charge is -2.31. The van der Waals surface area contributed by atoms with Gasteiger partial charge in [0.15, 0.2) is 0 Å². The average Bonchev–Trinajstić information content (AvgIpc) is 2.60. The summed E-state index contributed by atoms with van der Waals surface area (Å²) >= 11 is 0. The molecule has 0 aromatic heterocycles. The minimum Gasteiger partial charge on any atom is -0.444 e. The molecule has 1 aromatic rings. The fourth-order valence-electron chi connectivity index (χ4n) is 3.14. The van der Waals surface area contributed by atoms with E-state index in [4.69, 9.17) is 4.74 Å². The van der Waals surface area contributed by atoms with Crippen molar-refractivity contribution in [1.29, 1.82) is 0 Å². The smallest absolute Gasteiger partial charge is 0.408 e. The molecule has 29 heavy (non-hydrogen) atoms. The summed E-state index contributed by atoms with van der Waals surface area (Å²) in [5.41, 5.74) is 0.242. The van der Waals surface area contributed by atoms with E-state index in [1.54, 1.807) is 20.8 Å². The first kappa shape index (κ1) is 23.2. The van der Waals surface area contributed by atoms with Crippen LogP contribution in [0.3, 0.4) is 0 Å². The van der Waals surface area contributed by atoms with Crippen molar-refractivity contribution in [2.75, 3.05) is 19.3 Å². The van der Waals surface area contributed by atoms with Crippen LogP contribution in [0.5, 0.6) is 0 Å². The summed E-state index contributed by atoms with van der Waals surface area (Å²) in [5.74, 6) is -0.308. The van der Waals surface area contributed by atoms with Crippen LogP contribution in [0.4, 0.5) is 4.79 Å². The normalized spacial score (nSPS) is 17.4. The SMILES string of the molecule is CC(C)(C)OC(=O)N[C@H](Cc1ccccc1)C(=O)NC1CCN(S(C)(=O)=O)CC1. The molecule has 1 atom stereocenters. The van der Waals surface area contributed by atoms with E-state index in [-0.39, 0.29) is 11.9 Å². The number of carbonyl (C=O) groups is 2. The van der Waals surface area contributed by atoms with Crippen molar-refractivity contribution in [3.63, 3.8) is 0 Å². The maximum atomic E-state index is 12.9. The summed E-state index contributed by atoms with van der Waals surface area (Å²) in [7, 11) is -3.22. The summed E-state index contributed by atoms with van der Waals surface area (Å²) in [6.07, 6.45) is 1.92. The van der Waals surface area contributed by atoms with Crippen molar-refractivity contribution in [3.05, 3.63) is 35.9 Å². The summed E-state index contributed by atoms with van der Waals surface area (Å²) in [4.78, 5) is 25.1. The molecule has 162 valence electrons. The number of carbonyl (C=O) groups excluding carboxylic acids is 2. The molecule has 1 saturated heterocycles. The van der Waals surface area contributed by atoms with Crippen molar-refractivity contribution in [2.45, 2.75) is 57.7 Å². The quantitative estimate of drug-likeness (QED) is 0.721. The van der Waals surface area contributed by atoms with Crippen molar-refractivity contribution in [1.82, 2.24) is 14.9 Å². The lowest BCUT2D eigenvalue weighted by Crippen LogP contribution is -2.53. The lowest BCUT2D eigenvalue weighted by molar-refractivity contribution is -0.124. The third kappa shape index (κ3) is 8.02. The predicted molar refractivity (Wildman–Crippen MR) is 111 cm³/mol. The molecule has 2 N–H and O–H groups in total. The zero-order chi connectivity index (χ0) is 21.7. The van der Waals surface area contributed by atoms with Crippen LogP contribution in [-0.4, -0.2) is 61.8 Å². The van der Waals surface area contributed by atoms with E-state index in [1.807, 2.05) is 30.3 Å². The molecule has 2 amide bonds. The lowest BCUT2D eigenvalue weighted by atomic mass is 10.0. The van der Waals surface area contributed by atoms with Gasteiger partial charge in [-0.25, -0.2) is 17.5 Å². The van der Waals surface area contributed by atoms with Crippen LogP contribution < -0.4 is 10.6 Å². The molecule has 1 heterocycles. The molecule has 8 nitrogen and oxygen atoms in total. The second-order valence-electron chi connectivity index (χ2n) is 8.33. The topological polar surface area (TPSA) is 105 Å². The Kier molecular flexibility index (Phi) is 7.65. The van der Waals surface area contributed by atoms with E-state index < -0.39 is 27.8 Å². The Hall–Kier alpha value is -2.13. The van der Waals surface area contributed by atoms with Gasteiger partial charge in [-0.3, -0.25) is 4.79 Å². The number of piperidine rings is 1. The van der Waals surface area contributed by atoms with Crippen molar-refractivity contribution in [2.24, 2.45) is 0 Å². The summed E-state index contributed by atoms with van der Waals surface area (Å²) < 4.78 is 30.0. The van der Waals surface area contributed by atoms with Gasteiger partial charge in [-0.2, -0.15) is 0 Å². The van der Waals surface area contributed by atoms with Crippen LogP contribution in [0.15, 0.2) is 30.3 Å². The van der Waals surface area contributed by atoms with Gasteiger partial charge in [0.05, 0.1) is 6.26 Å². The Labute approximate surface area is 173 Å². The molecular formula is C20H31N3O5S. The van der Waals surface area contributed by atoms with Crippen LogP contribution in [0.25, 0.3) is 0 Å². The van der Waals surface area contributed by atoms with Gasteiger partial charge >= 0.3 is 6.09 Å². The van der Waals surface area contributed by atoms with E-state index >= 15 is 0 Å². The number of nitrogens with zero attached hydrogens (tertiary/aromatic N) is 1. The van der Waals surface area contributed by atoms with E-state index in [9.17, 15) is 18.0 Å². The molecule has 1 aliphatic rings. The fourth-order valence-corrected chi connectivity index (χ4v) is 4.02. The third-order valence-electron chi connectivity index (χ3n) is 4.56. The van der Waals surface area contributed by atoms with E-state index in [0.29, 0.717) is 32.4 Å². The highest BCUT2D eigenvalue weighted by Gasteiger charge is 2.29. The molecular weight excluding hydrogens is 394 g/mol. The van der Waals surface area contributed by atoms with E-state index in [1.165, 1.54) is 10.6 Å². The summed E-state index contributed by atoms with van der Waals surface area (Å²) in [5, 5.41) is 5.61. The van der Waals surface area contributed by atoms with Crippen LogP contribution in [0, 0.1) is 0 Å². The third-order valence-corrected chi connectivity index (χ3v) is 5.86. The number of nitrogens with one attached hydrogen (secondary N) is 2. The molecule has 0 spiro atoms. The first-order valence-electron chi connectivity index (χ1n) is 9.73. The monoisotopic (exact) mass is 425 g/mol. The Morgan fingerprint density at radius 2 is 1.76 bits per heavy atom. The van der Waals surface area contributed by atoms with Gasteiger partial charge in [-0.05, 0) is 39.2 Å².